The average Bonchev–Trinajstić information content (AvgIpc) is 2.46. The molecule has 0 aliphatic heterocycles. The molecule has 4 nitrogen and oxygen atoms in total. The molecule has 0 fully saturated rings. The summed E-state index contributed by atoms with van der Waals surface area (Å²) >= 11 is 16.4. The highest BCUT2D eigenvalue weighted by atomic mass is 35.5. The van der Waals surface area contributed by atoms with E-state index in [1.807, 2.05) is 25.1 Å². The van der Waals surface area contributed by atoms with Crippen LogP contribution in [0.3, 0.4) is 0 Å². The molecule has 0 saturated carbocycles. The van der Waals surface area contributed by atoms with Gasteiger partial charge in [-0.1, -0.05) is 37.4 Å². The minimum absolute atomic E-state index is 0.429. The zero-order valence-corrected chi connectivity index (χ0v) is 14.6. The molecule has 116 valence electrons. The van der Waals surface area contributed by atoms with Crippen molar-refractivity contribution in [2.24, 2.45) is 0 Å². The third-order valence-corrected chi connectivity index (χ3v) is 3.73. The van der Waals surface area contributed by atoms with Gasteiger partial charge in [-0.05, 0) is 55.5 Å². The zero-order chi connectivity index (χ0) is 15.7. The number of unbranched alkanes of at least 4 members (excludes halogenated alkanes) is 2. The summed E-state index contributed by atoms with van der Waals surface area (Å²) in [4.78, 5) is 0. The van der Waals surface area contributed by atoms with Crippen LogP contribution in [-0.2, 0) is 0 Å². The van der Waals surface area contributed by atoms with Crippen LogP contribution in [0.5, 0.6) is 0 Å². The van der Waals surface area contributed by atoms with E-state index in [4.69, 9.17) is 36.0 Å². The minimum Gasteiger partial charge on any atom is -0.361 e. The number of halogens is 1. The summed E-state index contributed by atoms with van der Waals surface area (Å²) in [7, 11) is 0. The SMILES string of the molecule is CCCCCNC(=S)NNC(=S)Nc1cccc(Cl)c1C. The summed E-state index contributed by atoms with van der Waals surface area (Å²) in [5.41, 5.74) is 7.50. The van der Waals surface area contributed by atoms with Crippen LogP contribution in [0.2, 0.25) is 5.02 Å². The number of anilines is 1. The van der Waals surface area contributed by atoms with Crippen molar-refractivity contribution in [2.45, 2.75) is 33.1 Å². The third-order valence-electron chi connectivity index (χ3n) is 2.87. The van der Waals surface area contributed by atoms with E-state index in [0.29, 0.717) is 15.2 Å². The standard InChI is InChI=1S/C14H21ClN4S2/c1-3-4-5-9-16-13(20)18-19-14(21)17-12-8-6-7-11(15)10(12)2/h6-8H,3-5,9H2,1-2H3,(H2,16,18,20)(H2,17,19,21). The van der Waals surface area contributed by atoms with Gasteiger partial charge in [-0.15, -0.1) is 0 Å². The molecule has 1 aromatic carbocycles. The maximum absolute atomic E-state index is 6.06. The van der Waals surface area contributed by atoms with Gasteiger partial charge < -0.3 is 10.6 Å². The van der Waals surface area contributed by atoms with Crippen molar-refractivity contribution in [3.05, 3.63) is 28.8 Å². The van der Waals surface area contributed by atoms with E-state index in [1.165, 1.54) is 12.8 Å². The smallest absolute Gasteiger partial charge is 0.189 e. The molecular weight excluding hydrogens is 324 g/mol. The Morgan fingerprint density at radius 2 is 1.86 bits per heavy atom. The lowest BCUT2D eigenvalue weighted by Gasteiger charge is -2.15. The minimum atomic E-state index is 0.429. The molecule has 0 bridgehead atoms. The molecule has 0 aromatic heterocycles. The maximum atomic E-state index is 6.06. The fourth-order valence-corrected chi connectivity index (χ4v) is 2.12. The first kappa shape index (κ1) is 17.9. The van der Waals surface area contributed by atoms with E-state index in [-0.39, 0.29) is 0 Å². The van der Waals surface area contributed by atoms with Gasteiger partial charge in [0.2, 0.25) is 0 Å². The van der Waals surface area contributed by atoms with Crippen molar-refractivity contribution in [1.29, 1.82) is 0 Å². The molecule has 1 aromatic rings. The van der Waals surface area contributed by atoms with Crippen LogP contribution < -0.4 is 21.5 Å². The highest BCUT2D eigenvalue weighted by molar-refractivity contribution is 7.80. The molecule has 0 aliphatic carbocycles. The van der Waals surface area contributed by atoms with Crippen LogP contribution in [0.4, 0.5) is 5.69 Å². The fraction of sp³-hybridized carbons (Fsp3) is 0.429. The molecule has 0 radical (unpaired) electrons. The van der Waals surface area contributed by atoms with E-state index >= 15 is 0 Å². The Hall–Kier alpha value is -1.11. The summed E-state index contributed by atoms with van der Waals surface area (Å²) in [6, 6.07) is 5.62. The molecule has 0 spiro atoms. The molecule has 4 N–H and O–H groups in total. The predicted octanol–water partition coefficient (Wildman–Crippen LogP) is 3.50. The van der Waals surface area contributed by atoms with Crippen LogP contribution >= 0.6 is 36.0 Å². The highest BCUT2D eigenvalue weighted by Crippen LogP contribution is 2.22. The Kier molecular flexibility index (Phi) is 8.34. The monoisotopic (exact) mass is 344 g/mol. The van der Waals surface area contributed by atoms with Gasteiger partial charge in [0.05, 0.1) is 0 Å². The molecule has 0 heterocycles. The van der Waals surface area contributed by atoms with Gasteiger partial charge in [0.25, 0.3) is 0 Å². The van der Waals surface area contributed by atoms with Crippen molar-refractivity contribution in [2.75, 3.05) is 11.9 Å². The molecule has 0 atom stereocenters. The Morgan fingerprint density at radius 3 is 2.57 bits per heavy atom. The molecule has 1 rings (SSSR count). The Labute approximate surface area is 142 Å². The number of hydrogen-bond donors (Lipinski definition) is 4. The second-order valence-electron chi connectivity index (χ2n) is 4.58. The lowest BCUT2D eigenvalue weighted by molar-refractivity contribution is 0.685. The second-order valence-corrected chi connectivity index (χ2v) is 5.80. The summed E-state index contributed by atoms with van der Waals surface area (Å²) in [6.45, 7) is 4.95. The zero-order valence-electron chi connectivity index (χ0n) is 12.3. The first-order valence-corrected chi connectivity index (χ1v) is 8.10. The maximum Gasteiger partial charge on any atom is 0.189 e. The summed E-state index contributed by atoms with van der Waals surface area (Å²) < 4.78 is 0. The number of rotatable bonds is 5. The largest absolute Gasteiger partial charge is 0.361 e. The van der Waals surface area contributed by atoms with Crippen molar-refractivity contribution in [1.82, 2.24) is 16.2 Å². The van der Waals surface area contributed by atoms with E-state index in [1.54, 1.807) is 0 Å². The molecule has 0 aliphatic rings. The van der Waals surface area contributed by atoms with Gasteiger partial charge in [-0.25, -0.2) is 0 Å². The lowest BCUT2D eigenvalue weighted by atomic mass is 10.2. The molecular formula is C14H21ClN4S2. The van der Waals surface area contributed by atoms with Crippen molar-refractivity contribution < 1.29 is 0 Å². The number of hydrogen-bond acceptors (Lipinski definition) is 2. The van der Waals surface area contributed by atoms with Crippen molar-refractivity contribution in [3.8, 4) is 0 Å². The normalized spacial score (nSPS) is 9.86. The lowest BCUT2D eigenvalue weighted by Crippen LogP contribution is -2.48. The number of thiocarbonyl (C=S) groups is 2. The number of hydrazine groups is 1. The topological polar surface area (TPSA) is 48.1 Å². The van der Waals surface area contributed by atoms with Gasteiger partial charge >= 0.3 is 0 Å². The molecule has 21 heavy (non-hydrogen) atoms. The molecule has 7 heteroatoms. The number of nitrogens with one attached hydrogen (secondary N) is 4. The summed E-state index contributed by atoms with van der Waals surface area (Å²) in [5, 5.41) is 7.83. The fourth-order valence-electron chi connectivity index (χ4n) is 1.63. The quantitative estimate of drug-likeness (QED) is 0.372. The van der Waals surface area contributed by atoms with Crippen LogP contribution in [0, 0.1) is 6.92 Å². The van der Waals surface area contributed by atoms with E-state index in [9.17, 15) is 0 Å². The van der Waals surface area contributed by atoms with Gasteiger partial charge in [-0.2, -0.15) is 0 Å². The van der Waals surface area contributed by atoms with Crippen LogP contribution in [0.1, 0.15) is 31.7 Å². The third kappa shape index (κ3) is 6.93. The molecule has 0 unspecified atom stereocenters. The average molecular weight is 345 g/mol. The van der Waals surface area contributed by atoms with Gasteiger partial charge in [0.1, 0.15) is 0 Å². The van der Waals surface area contributed by atoms with Crippen molar-refractivity contribution >= 4 is 51.9 Å². The van der Waals surface area contributed by atoms with Crippen LogP contribution in [0.25, 0.3) is 0 Å². The first-order chi connectivity index (χ1) is 10.0. The van der Waals surface area contributed by atoms with Gasteiger partial charge in [0.15, 0.2) is 10.2 Å². The Balaban J connectivity index is 2.31. The van der Waals surface area contributed by atoms with Crippen LogP contribution in [0.15, 0.2) is 18.2 Å². The predicted molar refractivity (Wildman–Crippen MR) is 98.8 cm³/mol. The van der Waals surface area contributed by atoms with Gasteiger partial charge in [-0.3, -0.25) is 10.9 Å². The molecule has 0 amide bonds. The van der Waals surface area contributed by atoms with E-state index in [0.717, 1.165) is 24.2 Å². The van der Waals surface area contributed by atoms with E-state index in [2.05, 4.69) is 28.4 Å². The first-order valence-electron chi connectivity index (χ1n) is 6.90. The second kappa shape index (κ2) is 9.76. The van der Waals surface area contributed by atoms with Gasteiger partial charge in [0, 0.05) is 17.3 Å². The molecule has 0 saturated heterocycles. The van der Waals surface area contributed by atoms with E-state index < -0.39 is 0 Å². The van der Waals surface area contributed by atoms with Crippen molar-refractivity contribution in [3.63, 3.8) is 0 Å². The van der Waals surface area contributed by atoms with Crippen LogP contribution in [-0.4, -0.2) is 16.8 Å². The summed E-state index contributed by atoms with van der Waals surface area (Å²) in [6.07, 6.45) is 3.48. The Bertz CT molecular complexity index is 494. The Morgan fingerprint density at radius 1 is 1.14 bits per heavy atom. The highest BCUT2D eigenvalue weighted by Gasteiger charge is 2.04. The summed E-state index contributed by atoms with van der Waals surface area (Å²) in [5.74, 6) is 0. The number of benzene rings is 1.